The summed E-state index contributed by atoms with van der Waals surface area (Å²) in [5, 5.41) is 17.0. The number of amides is 1. The highest BCUT2D eigenvalue weighted by molar-refractivity contribution is 5.92. The number of aromatic amines is 1. The molecule has 1 aromatic heterocycles. The van der Waals surface area contributed by atoms with Gasteiger partial charge in [0.2, 0.25) is 5.91 Å². The standard InChI is InChI=1S/C16H21N3O2.C2HF3O2/c1-10-15(11(2)19-18-10)9-16(20)17-14-7-5-6-13(8-14)12(3)21-4;3-2(4,5)1(6)7/h5-8,12H,9H2,1-4H3,(H,17,20)(H,18,19);(H,6,7). The molecule has 1 amide bonds. The molecule has 0 aliphatic rings. The molecule has 0 bridgehead atoms. The molecule has 2 rings (SSSR count). The molecule has 0 fully saturated rings. The number of anilines is 1. The van der Waals surface area contributed by atoms with Gasteiger partial charge in [0.05, 0.1) is 18.2 Å². The summed E-state index contributed by atoms with van der Waals surface area (Å²) < 4.78 is 37.0. The van der Waals surface area contributed by atoms with Crippen LogP contribution in [0.1, 0.15) is 35.5 Å². The number of hydrogen-bond acceptors (Lipinski definition) is 4. The van der Waals surface area contributed by atoms with Gasteiger partial charge in [-0.25, -0.2) is 4.79 Å². The fourth-order valence-corrected chi connectivity index (χ4v) is 2.21. The van der Waals surface area contributed by atoms with Crippen molar-refractivity contribution in [1.29, 1.82) is 0 Å². The maximum Gasteiger partial charge on any atom is 0.490 e. The Bertz CT molecular complexity index is 799. The van der Waals surface area contributed by atoms with Crippen molar-refractivity contribution < 1.29 is 32.6 Å². The molecular weight excluding hydrogens is 379 g/mol. The third-order valence-electron chi connectivity index (χ3n) is 3.85. The number of methoxy groups -OCH3 is 1. The van der Waals surface area contributed by atoms with Gasteiger partial charge in [-0.15, -0.1) is 0 Å². The van der Waals surface area contributed by atoms with Gasteiger partial charge in [0.1, 0.15) is 0 Å². The summed E-state index contributed by atoms with van der Waals surface area (Å²) in [4.78, 5) is 21.0. The van der Waals surface area contributed by atoms with Gasteiger partial charge in [-0.3, -0.25) is 9.89 Å². The molecule has 3 N–H and O–H groups in total. The first-order valence-corrected chi connectivity index (χ1v) is 8.18. The summed E-state index contributed by atoms with van der Waals surface area (Å²) >= 11 is 0. The highest BCUT2D eigenvalue weighted by Gasteiger charge is 2.38. The lowest BCUT2D eigenvalue weighted by molar-refractivity contribution is -0.192. The minimum atomic E-state index is -5.08. The number of nitrogens with zero attached hydrogens (tertiary/aromatic N) is 1. The first kappa shape index (κ1) is 23.2. The fourth-order valence-electron chi connectivity index (χ4n) is 2.21. The lowest BCUT2D eigenvalue weighted by Crippen LogP contribution is -2.21. The summed E-state index contributed by atoms with van der Waals surface area (Å²) in [6.45, 7) is 5.79. The highest BCUT2D eigenvalue weighted by atomic mass is 19.4. The summed E-state index contributed by atoms with van der Waals surface area (Å²) in [5.74, 6) is -2.81. The molecule has 10 heteroatoms. The first-order valence-electron chi connectivity index (χ1n) is 8.18. The number of carbonyl (C=O) groups excluding carboxylic acids is 1. The largest absolute Gasteiger partial charge is 0.490 e. The van der Waals surface area contributed by atoms with Crippen molar-refractivity contribution in [3.05, 3.63) is 46.8 Å². The first-order chi connectivity index (χ1) is 13.0. The number of H-pyrrole nitrogens is 1. The van der Waals surface area contributed by atoms with Gasteiger partial charge in [-0.1, -0.05) is 12.1 Å². The number of rotatable bonds is 5. The van der Waals surface area contributed by atoms with E-state index < -0.39 is 12.1 Å². The summed E-state index contributed by atoms with van der Waals surface area (Å²) in [5.41, 5.74) is 4.56. The monoisotopic (exact) mass is 401 g/mol. The van der Waals surface area contributed by atoms with Crippen molar-refractivity contribution in [1.82, 2.24) is 10.2 Å². The number of benzene rings is 1. The molecule has 1 unspecified atom stereocenters. The minimum absolute atomic E-state index is 0.000199. The number of ether oxygens (including phenoxy) is 1. The number of nitrogens with one attached hydrogen (secondary N) is 2. The molecule has 0 spiro atoms. The fraction of sp³-hybridized carbons (Fsp3) is 0.389. The predicted octanol–water partition coefficient (Wildman–Crippen LogP) is 3.55. The Morgan fingerprint density at radius 2 is 1.93 bits per heavy atom. The van der Waals surface area contributed by atoms with Gasteiger partial charge in [0.25, 0.3) is 0 Å². The lowest BCUT2D eigenvalue weighted by Gasteiger charge is -2.12. The normalized spacial score (nSPS) is 12.0. The number of aromatic nitrogens is 2. The Balaban J connectivity index is 0.000000480. The van der Waals surface area contributed by atoms with Gasteiger partial charge in [-0.05, 0) is 38.5 Å². The average Bonchev–Trinajstić information content (AvgIpc) is 2.93. The number of alkyl halides is 3. The van der Waals surface area contributed by atoms with E-state index in [4.69, 9.17) is 14.6 Å². The van der Waals surface area contributed by atoms with Crippen LogP contribution in [0.2, 0.25) is 0 Å². The molecule has 1 atom stereocenters. The van der Waals surface area contributed by atoms with E-state index >= 15 is 0 Å². The number of carboxylic acid groups (broad SMARTS) is 1. The van der Waals surface area contributed by atoms with Crippen LogP contribution in [0.5, 0.6) is 0 Å². The quantitative estimate of drug-likeness (QED) is 0.711. The van der Waals surface area contributed by atoms with E-state index in [9.17, 15) is 18.0 Å². The highest BCUT2D eigenvalue weighted by Crippen LogP contribution is 2.20. The number of carbonyl (C=O) groups is 2. The molecule has 7 nitrogen and oxygen atoms in total. The van der Waals surface area contributed by atoms with E-state index in [0.717, 1.165) is 28.2 Å². The Labute approximate surface area is 159 Å². The number of halogens is 3. The van der Waals surface area contributed by atoms with Crippen molar-refractivity contribution in [3.63, 3.8) is 0 Å². The molecule has 0 aliphatic carbocycles. The third kappa shape index (κ3) is 7.03. The molecule has 1 aromatic carbocycles. The lowest BCUT2D eigenvalue weighted by atomic mass is 10.1. The number of carboxylic acids is 1. The molecule has 28 heavy (non-hydrogen) atoms. The van der Waals surface area contributed by atoms with Crippen LogP contribution in [0.15, 0.2) is 24.3 Å². The molecular formula is C18H22F3N3O4. The second kappa shape index (κ2) is 9.88. The van der Waals surface area contributed by atoms with E-state index in [0.29, 0.717) is 6.42 Å². The molecule has 0 saturated heterocycles. The number of aliphatic carboxylic acids is 1. The van der Waals surface area contributed by atoms with Gasteiger partial charge in [-0.2, -0.15) is 18.3 Å². The molecule has 154 valence electrons. The topological polar surface area (TPSA) is 104 Å². The van der Waals surface area contributed by atoms with Crippen molar-refractivity contribution in [2.75, 3.05) is 12.4 Å². The molecule has 0 aliphatic heterocycles. The number of aryl methyl sites for hydroxylation is 2. The SMILES string of the molecule is COC(C)c1cccc(NC(=O)Cc2c(C)n[nH]c2C)c1.O=C(O)C(F)(F)F. The molecule has 2 aromatic rings. The van der Waals surface area contributed by atoms with Crippen molar-refractivity contribution >= 4 is 17.6 Å². The van der Waals surface area contributed by atoms with Crippen LogP contribution in [-0.2, 0) is 20.7 Å². The van der Waals surface area contributed by atoms with Gasteiger partial charge in [0, 0.05) is 24.1 Å². The zero-order valence-corrected chi connectivity index (χ0v) is 15.8. The maximum absolute atomic E-state index is 12.2. The van der Waals surface area contributed by atoms with E-state index in [-0.39, 0.29) is 12.0 Å². The van der Waals surface area contributed by atoms with Crippen molar-refractivity contribution in [2.45, 2.75) is 39.5 Å². The smallest absolute Gasteiger partial charge is 0.475 e. The Kier molecular flexibility index (Phi) is 8.17. The van der Waals surface area contributed by atoms with E-state index in [2.05, 4.69) is 15.5 Å². The van der Waals surface area contributed by atoms with E-state index in [1.54, 1.807) is 7.11 Å². The van der Waals surface area contributed by atoms with E-state index in [1.165, 1.54) is 0 Å². The van der Waals surface area contributed by atoms with Crippen LogP contribution >= 0.6 is 0 Å². The molecule has 1 heterocycles. The number of hydrogen-bond donors (Lipinski definition) is 3. The third-order valence-corrected chi connectivity index (χ3v) is 3.85. The van der Waals surface area contributed by atoms with Crippen LogP contribution in [0, 0.1) is 13.8 Å². The molecule has 0 saturated carbocycles. The maximum atomic E-state index is 12.2. The minimum Gasteiger partial charge on any atom is -0.475 e. The van der Waals surface area contributed by atoms with Crippen LogP contribution in [0.25, 0.3) is 0 Å². The second-order valence-electron chi connectivity index (χ2n) is 5.94. The molecule has 0 radical (unpaired) electrons. The zero-order valence-electron chi connectivity index (χ0n) is 15.8. The van der Waals surface area contributed by atoms with Crippen molar-refractivity contribution in [2.24, 2.45) is 0 Å². The summed E-state index contributed by atoms with van der Waals surface area (Å²) in [7, 11) is 1.67. The summed E-state index contributed by atoms with van der Waals surface area (Å²) in [6, 6.07) is 7.70. The zero-order chi connectivity index (χ0) is 21.5. The van der Waals surface area contributed by atoms with Crippen molar-refractivity contribution in [3.8, 4) is 0 Å². The van der Waals surface area contributed by atoms with E-state index in [1.807, 2.05) is 45.0 Å². The van der Waals surface area contributed by atoms with Crippen LogP contribution in [0.3, 0.4) is 0 Å². The van der Waals surface area contributed by atoms with Gasteiger partial charge < -0.3 is 15.2 Å². The predicted molar refractivity (Wildman–Crippen MR) is 96.0 cm³/mol. The van der Waals surface area contributed by atoms with Gasteiger partial charge in [0.15, 0.2) is 0 Å². The van der Waals surface area contributed by atoms with Crippen LogP contribution < -0.4 is 5.32 Å². The Hall–Kier alpha value is -2.88. The Morgan fingerprint density at radius 1 is 1.32 bits per heavy atom. The van der Waals surface area contributed by atoms with Crippen LogP contribution in [0.4, 0.5) is 18.9 Å². The Morgan fingerprint density at radius 3 is 2.39 bits per heavy atom. The average molecular weight is 401 g/mol. The second-order valence-corrected chi connectivity index (χ2v) is 5.94. The summed E-state index contributed by atoms with van der Waals surface area (Å²) in [6.07, 6.45) is -4.77. The van der Waals surface area contributed by atoms with Gasteiger partial charge >= 0.3 is 12.1 Å². The van der Waals surface area contributed by atoms with Crippen LogP contribution in [-0.4, -0.2) is 40.5 Å².